The van der Waals surface area contributed by atoms with E-state index in [4.69, 9.17) is 0 Å². The fourth-order valence-corrected chi connectivity index (χ4v) is 0.510. The van der Waals surface area contributed by atoms with Gasteiger partial charge in [-0.2, -0.15) is 0 Å². The summed E-state index contributed by atoms with van der Waals surface area (Å²) >= 11 is 0. The quantitative estimate of drug-likeness (QED) is 0.374. The highest BCUT2D eigenvalue weighted by molar-refractivity contribution is 5.92. The molecule has 0 saturated carbocycles. The fourth-order valence-electron chi connectivity index (χ4n) is 0.510. The number of carbonyl (C=O) groups excluding carboxylic acids is 2. The first-order valence-electron chi connectivity index (χ1n) is 3.61. The maximum absolute atomic E-state index is 10.8. The maximum Gasteiger partial charge on any atom is 0.302 e. The minimum atomic E-state index is -0.348. The third kappa shape index (κ3) is 5.46. The summed E-state index contributed by atoms with van der Waals surface area (Å²) in [6.45, 7) is 6.91. The van der Waals surface area contributed by atoms with Gasteiger partial charge in [-0.05, 0) is 6.92 Å². The van der Waals surface area contributed by atoms with Gasteiger partial charge in [-0.3, -0.25) is 9.59 Å². The van der Waals surface area contributed by atoms with Crippen LogP contribution in [-0.2, 0) is 14.3 Å². The van der Waals surface area contributed by atoms with Crippen LogP contribution in [0.25, 0.3) is 0 Å². The van der Waals surface area contributed by atoms with E-state index in [1.165, 1.54) is 6.92 Å². The number of nitrogens with one attached hydrogen (secondary N) is 1. The Balaban J connectivity index is 3.38. The average Bonchev–Trinajstić information content (AvgIpc) is 1.97. The van der Waals surface area contributed by atoms with Crippen molar-refractivity contribution in [1.82, 2.24) is 5.32 Å². The molecule has 12 heavy (non-hydrogen) atoms. The Kier molecular flexibility index (Phi) is 4.76. The normalized spacial score (nSPS) is 8.83. The number of hydrogen-bond acceptors (Lipinski definition) is 3. The van der Waals surface area contributed by atoms with E-state index in [-0.39, 0.29) is 18.5 Å². The molecule has 0 atom stereocenters. The van der Waals surface area contributed by atoms with Gasteiger partial charge in [0.25, 0.3) is 0 Å². The van der Waals surface area contributed by atoms with Gasteiger partial charge in [-0.1, -0.05) is 6.58 Å². The van der Waals surface area contributed by atoms with Crippen LogP contribution >= 0.6 is 0 Å². The molecule has 1 amide bonds. The van der Waals surface area contributed by atoms with Crippen molar-refractivity contribution in [3.8, 4) is 0 Å². The molecule has 1 N–H and O–H groups in total. The van der Waals surface area contributed by atoms with Crippen molar-refractivity contribution in [3.05, 3.63) is 12.2 Å². The van der Waals surface area contributed by atoms with E-state index in [9.17, 15) is 9.59 Å². The number of esters is 1. The molecule has 0 aromatic carbocycles. The van der Waals surface area contributed by atoms with E-state index >= 15 is 0 Å². The van der Waals surface area contributed by atoms with Gasteiger partial charge in [0, 0.05) is 12.5 Å². The van der Waals surface area contributed by atoms with Crippen LogP contribution in [0.15, 0.2) is 12.2 Å². The van der Waals surface area contributed by atoms with Crippen LogP contribution in [0.1, 0.15) is 13.8 Å². The van der Waals surface area contributed by atoms with Crippen LogP contribution in [0.3, 0.4) is 0 Å². The number of carbonyl (C=O) groups is 2. The van der Waals surface area contributed by atoms with Crippen LogP contribution in [0.5, 0.6) is 0 Å². The summed E-state index contributed by atoms with van der Waals surface area (Å²) in [5.41, 5.74) is 0.442. The number of amides is 1. The largest absolute Gasteiger partial charge is 0.464 e. The molecular formula is C8H13NO3. The molecule has 0 unspecified atom stereocenters. The Morgan fingerprint density at radius 2 is 2.00 bits per heavy atom. The summed E-state index contributed by atoms with van der Waals surface area (Å²) in [5.74, 6) is -0.568. The Hall–Kier alpha value is -1.32. The van der Waals surface area contributed by atoms with Crippen LogP contribution in [0.4, 0.5) is 0 Å². The first-order valence-corrected chi connectivity index (χ1v) is 3.61. The lowest BCUT2D eigenvalue weighted by molar-refractivity contribution is -0.141. The molecule has 4 heteroatoms. The van der Waals surface area contributed by atoms with Gasteiger partial charge < -0.3 is 10.1 Å². The van der Waals surface area contributed by atoms with Crippen molar-refractivity contribution < 1.29 is 14.3 Å². The third-order valence-corrected chi connectivity index (χ3v) is 1.08. The lowest BCUT2D eigenvalue weighted by atomic mass is 10.3. The van der Waals surface area contributed by atoms with Crippen LogP contribution < -0.4 is 5.32 Å². The standard InChI is InChI=1S/C8H13NO3/c1-6(2)8(11)9-4-5-12-7(3)10/h1,4-5H2,2-3H3,(H,9,11). The molecule has 0 aromatic rings. The number of ether oxygens (including phenoxy) is 1. The van der Waals surface area contributed by atoms with E-state index in [2.05, 4.69) is 16.6 Å². The molecule has 0 rings (SSSR count). The Bertz CT molecular complexity index is 198. The second-order valence-electron chi connectivity index (χ2n) is 2.38. The van der Waals surface area contributed by atoms with Gasteiger partial charge in [-0.25, -0.2) is 0 Å². The van der Waals surface area contributed by atoms with Gasteiger partial charge in [0.1, 0.15) is 6.61 Å². The Labute approximate surface area is 71.6 Å². The molecule has 0 heterocycles. The molecule has 0 saturated heterocycles. The molecule has 0 bridgehead atoms. The monoisotopic (exact) mass is 171 g/mol. The predicted molar refractivity (Wildman–Crippen MR) is 44.5 cm³/mol. The van der Waals surface area contributed by atoms with Crippen molar-refractivity contribution >= 4 is 11.9 Å². The SMILES string of the molecule is C=C(C)C(=O)NCCOC(C)=O. The van der Waals surface area contributed by atoms with Crippen molar-refractivity contribution in [2.45, 2.75) is 13.8 Å². The summed E-state index contributed by atoms with van der Waals surface area (Å²) in [6, 6.07) is 0. The van der Waals surface area contributed by atoms with E-state index < -0.39 is 0 Å². The molecule has 68 valence electrons. The summed E-state index contributed by atoms with van der Waals surface area (Å²) in [5, 5.41) is 2.52. The highest BCUT2D eigenvalue weighted by Gasteiger charge is 1.99. The lowest BCUT2D eigenvalue weighted by Crippen LogP contribution is -2.27. The molecule has 4 nitrogen and oxygen atoms in total. The van der Waals surface area contributed by atoms with Gasteiger partial charge in [0.15, 0.2) is 0 Å². The zero-order chi connectivity index (χ0) is 9.56. The molecule has 0 aliphatic rings. The molecule has 0 aliphatic carbocycles. The molecule has 0 radical (unpaired) electrons. The summed E-state index contributed by atoms with van der Waals surface area (Å²) in [6.07, 6.45) is 0. The van der Waals surface area contributed by atoms with Crippen LogP contribution in [-0.4, -0.2) is 25.0 Å². The summed E-state index contributed by atoms with van der Waals surface area (Å²) in [7, 11) is 0. The third-order valence-electron chi connectivity index (χ3n) is 1.08. The van der Waals surface area contributed by atoms with Crippen LogP contribution in [0, 0.1) is 0 Å². The van der Waals surface area contributed by atoms with Gasteiger partial charge >= 0.3 is 5.97 Å². The maximum atomic E-state index is 10.8. The van der Waals surface area contributed by atoms with Gasteiger partial charge in [0.2, 0.25) is 5.91 Å². The van der Waals surface area contributed by atoms with E-state index in [1.807, 2.05) is 0 Å². The first kappa shape index (κ1) is 10.7. The van der Waals surface area contributed by atoms with Gasteiger partial charge in [-0.15, -0.1) is 0 Å². The molecular weight excluding hydrogens is 158 g/mol. The van der Waals surface area contributed by atoms with Crippen molar-refractivity contribution in [3.63, 3.8) is 0 Å². The minimum absolute atomic E-state index is 0.203. The van der Waals surface area contributed by atoms with E-state index in [1.54, 1.807) is 6.92 Å². The smallest absolute Gasteiger partial charge is 0.302 e. The van der Waals surface area contributed by atoms with Gasteiger partial charge in [0.05, 0.1) is 6.54 Å². The van der Waals surface area contributed by atoms with Crippen LogP contribution in [0.2, 0.25) is 0 Å². The molecule has 0 aliphatic heterocycles. The molecule has 0 aromatic heterocycles. The lowest BCUT2D eigenvalue weighted by Gasteiger charge is -2.03. The zero-order valence-electron chi connectivity index (χ0n) is 7.35. The summed E-state index contributed by atoms with van der Waals surface area (Å²) < 4.78 is 4.59. The van der Waals surface area contributed by atoms with E-state index in [0.29, 0.717) is 12.1 Å². The minimum Gasteiger partial charge on any atom is -0.464 e. The highest BCUT2D eigenvalue weighted by atomic mass is 16.5. The predicted octanol–water partition coefficient (Wildman–Crippen LogP) is 0.242. The topological polar surface area (TPSA) is 55.4 Å². The Morgan fingerprint density at radius 1 is 1.42 bits per heavy atom. The second kappa shape index (κ2) is 5.35. The highest BCUT2D eigenvalue weighted by Crippen LogP contribution is 1.84. The zero-order valence-corrected chi connectivity index (χ0v) is 7.35. The number of hydrogen-bond donors (Lipinski definition) is 1. The Morgan fingerprint density at radius 3 is 2.42 bits per heavy atom. The van der Waals surface area contributed by atoms with Crippen molar-refractivity contribution in [2.75, 3.05) is 13.2 Å². The molecule has 0 spiro atoms. The average molecular weight is 171 g/mol. The van der Waals surface area contributed by atoms with Crippen molar-refractivity contribution in [2.24, 2.45) is 0 Å². The summed E-state index contributed by atoms with van der Waals surface area (Å²) in [4.78, 5) is 21.1. The number of rotatable bonds is 4. The van der Waals surface area contributed by atoms with Crippen molar-refractivity contribution in [1.29, 1.82) is 0 Å². The second-order valence-corrected chi connectivity index (χ2v) is 2.38. The molecule has 0 fully saturated rings. The fraction of sp³-hybridized carbons (Fsp3) is 0.500. The first-order chi connectivity index (χ1) is 5.54. The van der Waals surface area contributed by atoms with E-state index in [0.717, 1.165) is 0 Å².